The van der Waals surface area contributed by atoms with Crippen molar-refractivity contribution >= 4 is 34.9 Å². The summed E-state index contributed by atoms with van der Waals surface area (Å²) in [5.74, 6) is 0.0333. The summed E-state index contributed by atoms with van der Waals surface area (Å²) < 4.78 is 0. The van der Waals surface area contributed by atoms with Crippen LogP contribution < -0.4 is 10.6 Å². The van der Waals surface area contributed by atoms with Gasteiger partial charge in [0.05, 0.1) is 0 Å². The number of amides is 1. The molecule has 1 aromatic carbocycles. The van der Waals surface area contributed by atoms with E-state index in [0.29, 0.717) is 13.0 Å². The zero-order valence-corrected chi connectivity index (χ0v) is 11.4. The predicted molar refractivity (Wildman–Crippen MR) is 77.5 cm³/mol. The summed E-state index contributed by atoms with van der Waals surface area (Å²) in [7, 11) is 1.84. The smallest absolute Gasteiger partial charge is 0.225 e. The number of anilines is 1. The van der Waals surface area contributed by atoms with Gasteiger partial charge in [0.1, 0.15) is 0 Å². The molecule has 0 aliphatic heterocycles. The minimum atomic E-state index is 0. The van der Waals surface area contributed by atoms with E-state index in [0.717, 1.165) is 22.3 Å². The number of hydrogen-bond donors (Lipinski definition) is 3. The van der Waals surface area contributed by atoms with E-state index in [2.05, 4.69) is 21.7 Å². The number of nitrogens with one attached hydrogen (secondary N) is 3. The van der Waals surface area contributed by atoms with Gasteiger partial charge in [-0.15, -0.1) is 12.4 Å². The van der Waals surface area contributed by atoms with Crippen LogP contribution in [0.3, 0.4) is 0 Å². The van der Waals surface area contributed by atoms with E-state index >= 15 is 0 Å². The molecular weight excluding hydrogens is 250 g/mol. The number of halogens is 1. The molecule has 4 nitrogen and oxygen atoms in total. The molecule has 5 heteroatoms. The van der Waals surface area contributed by atoms with Crippen LogP contribution in [0.4, 0.5) is 5.69 Å². The Morgan fingerprint density at radius 1 is 1.33 bits per heavy atom. The van der Waals surface area contributed by atoms with E-state index in [-0.39, 0.29) is 18.3 Å². The van der Waals surface area contributed by atoms with Crippen molar-refractivity contribution in [3.8, 4) is 0 Å². The third-order valence-electron chi connectivity index (χ3n) is 2.64. The van der Waals surface area contributed by atoms with E-state index in [1.165, 1.54) is 0 Å². The normalized spacial score (nSPS) is 10.1. The van der Waals surface area contributed by atoms with Crippen LogP contribution in [0.2, 0.25) is 0 Å². The van der Waals surface area contributed by atoms with Crippen LogP contribution >= 0.6 is 12.4 Å². The SMILES string of the molecule is CNCCC(=O)Nc1ccc2[nH]c(C)cc2c1.Cl. The molecule has 0 unspecified atom stereocenters. The maximum absolute atomic E-state index is 11.6. The molecule has 18 heavy (non-hydrogen) atoms. The van der Waals surface area contributed by atoms with Crippen molar-refractivity contribution in [3.63, 3.8) is 0 Å². The minimum Gasteiger partial charge on any atom is -0.359 e. The Morgan fingerprint density at radius 2 is 2.11 bits per heavy atom. The summed E-state index contributed by atoms with van der Waals surface area (Å²) in [6.45, 7) is 2.71. The molecule has 2 aromatic rings. The van der Waals surface area contributed by atoms with Crippen molar-refractivity contribution in [1.29, 1.82) is 0 Å². The summed E-state index contributed by atoms with van der Waals surface area (Å²) >= 11 is 0. The molecule has 0 aliphatic rings. The maximum Gasteiger partial charge on any atom is 0.225 e. The van der Waals surface area contributed by atoms with E-state index in [9.17, 15) is 4.79 Å². The number of aromatic amines is 1. The fraction of sp³-hybridized carbons (Fsp3) is 0.308. The maximum atomic E-state index is 11.6. The number of H-pyrrole nitrogens is 1. The number of fused-ring (bicyclic) bond motifs is 1. The van der Waals surface area contributed by atoms with Crippen LogP contribution in [-0.2, 0) is 4.79 Å². The van der Waals surface area contributed by atoms with Crippen LogP contribution in [0.1, 0.15) is 12.1 Å². The van der Waals surface area contributed by atoms with Gasteiger partial charge in [0, 0.05) is 35.2 Å². The molecule has 2 rings (SSSR count). The van der Waals surface area contributed by atoms with Gasteiger partial charge >= 0.3 is 0 Å². The average molecular weight is 268 g/mol. The van der Waals surface area contributed by atoms with Gasteiger partial charge in [-0.1, -0.05) is 0 Å². The minimum absolute atomic E-state index is 0. The number of hydrogen-bond acceptors (Lipinski definition) is 2. The number of carbonyl (C=O) groups is 1. The number of aromatic nitrogens is 1. The van der Waals surface area contributed by atoms with Crippen LogP contribution in [0, 0.1) is 6.92 Å². The highest BCUT2D eigenvalue weighted by Crippen LogP contribution is 2.19. The lowest BCUT2D eigenvalue weighted by Crippen LogP contribution is -2.18. The Balaban J connectivity index is 0.00000162. The highest BCUT2D eigenvalue weighted by atomic mass is 35.5. The first-order valence-electron chi connectivity index (χ1n) is 5.73. The summed E-state index contributed by atoms with van der Waals surface area (Å²) in [5, 5.41) is 6.96. The van der Waals surface area contributed by atoms with E-state index in [4.69, 9.17) is 0 Å². The van der Waals surface area contributed by atoms with Crippen molar-refractivity contribution in [3.05, 3.63) is 30.0 Å². The lowest BCUT2D eigenvalue weighted by atomic mass is 10.2. The van der Waals surface area contributed by atoms with Crippen LogP contribution in [0.25, 0.3) is 10.9 Å². The molecule has 0 aliphatic carbocycles. The Morgan fingerprint density at radius 3 is 2.83 bits per heavy atom. The zero-order valence-electron chi connectivity index (χ0n) is 10.5. The highest BCUT2D eigenvalue weighted by Gasteiger charge is 2.03. The summed E-state index contributed by atoms with van der Waals surface area (Å²) in [6.07, 6.45) is 0.487. The Bertz CT molecular complexity index is 536. The Kier molecular flexibility index (Phi) is 5.19. The van der Waals surface area contributed by atoms with Gasteiger partial charge in [0.2, 0.25) is 5.91 Å². The zero-order chi connectivity index (χ0) is 12.3. The number of carbonyl (C=O) groups excluding carboxylic acids is 1. The summed E-state index contributed by atoms with van der Waals surface area (Å²) in [5.41, 5.74) is 3.06. The number of rotatable bonds is 4. The van der Waals surface area contributed by atoms with Gasteiger partial charge in [-0.25, -0.2) is 0 Å². The topological polar surface area (TPSA) is 56.9 Å². The van der Waals surface area contributed by atoms with E-state index in [1.54, 1.807) is 0 Å². The summed E-state index contributed by atoms with van der Waals surface area (Å²) in [4.78, 5) is 14.8. The Labute approximate surface area is 113 Å². The van der Waals surface area contributed by atoms with Crippen LogP contribution in [0.15, 0.2) is 24.3 Å². The number of benzene rings is 1. The molecule has 1 heterocycles. The molecule has 1 aromatic heterocycles. The molecule has 0 saturated carbocycles. The number of aryl methyl sites for hydroxylation is 1. The monoisotopic (exact) mass is 267 g/mol. The molecule has 0 fully saturated rings. The first-order valence-corrected chi connectivity index (χ1v) is 5.73. The van der Waals surface area contributed by atoms with Gasteiger partial charge in [0.15, 0.2) is 0 Å². The van der Waals surface area contributed by atoms with E-state index in [1.807, 2.05) is 32.2 Å². The fourth-order valence-electron chi connectivity index (χ4n) is 1.82. The van der Waals surface area contributed by atoms with Gasteiger partial charge in [-0.05, 0) is 38.2 Å². The van der Waals surface area contributed by atoms with Crippen LogP contribution in [-0.4, -0.2) is 24.5 Å². The van der Waals surface area contributed by atoms with Crippen molar-refractivity contribution in [2.75, 3.05) is 18.9 Å². The quantitative estimate of drug-likeness (QED) is 0.797. The molecule has 1 amide bonds. The lowest BCUT2D eigenvalue weighted by molar-refractivity contribution is -0.116. The van der Waals surface area contributed by atoms with Gasteiger partial charge in [-0.3, -0.25) is 4.79 Å². The third kappa shape index (κ3) is 3.48. The van der Waals surface area contributed by atoms with E-state index < -0.39 is 0 Å². The fourth-order valence-corrected chi connectivity index (χ4v) is 1.82. The lowest BCUT2D eigenvalue weighted by Gasteiger charge is -2.04. The predicted octanol–water partition coefficient (Wildman–Crippen LogP) is 2.45. The standard InChI is InChI=1S/C13H17N3O.ClH/c1-9-7-10-8-11(3-4-12(10)15-9)16-13(17)5-6-14-2;/h3-4,7-8,14-15H,5-6H2,1-2H3,(H,16,17);1H. The molecule has 0 atom stereocenters. The third-order valence-corrected chi connectivity index (χ3v) is 2.64. The molecule has 0 radical (unpaired) electrons. The largest absolute Gasteiger partial charge is 0.359 e. The van der Waals surface area contributed by atoms with Crippen molar-refractivity contribution < 1.29 is 4.79 Å². The first-order chi connectivity index (χ1) is 8.19. The molecule has 98 valence electrons. The van der Waals surface area contributed by atoms with Crippen molar-refractivity contribution in [1.82, 2.24) is 10.3 Å². The van der Waals surface area contributed by atoms with Crippen molar-refractivity contribution in [2.24, 2.45) is 0 Å². The molecule has 0 saturated heterocycles. The molecule has 0 spiro atoms. The molecular formula is C13H18ClN3O. The van der Waals surface area contributed by atoms with Crippen LogP contribution in [0.5, 0.6) is 0 Å². The average Bonchev–Trinajstić information content (AvgIpc) is 2.65. The summed E-state index contributed by atoms with van der Waals surface area (Å²) in [6, 6.07) is 7.94. The molecule has 3 N–H and O–H groups in total. The second kappa shape index (κ2) is 6.42. The van der Waals surface area contributed by atoms with Gasteiger partial charge in [0.25, 0.3) is 0 Å². The first kappa shape index (κ1) is 14.5. The van der Waals surface area contributed by atoms with Gasteiger partial charge < -0.3 is 15.6 Å². The van der Waals surface area contributed by atoms with Crippen molar-refractivity contribution in [2.45, 2.75) is 13.3 Å². The highest BCUT2D eigenvalue weighted by molar-refractivity contribution is 5.94. The molecule has 0 bridgehead atoms. The Hall–Kier alpha value is -1.52. The second-order valence-electron chi connectivity index (χ2n) is 4.16. The second-order valence-corrected chi connectivity index (χ2v) is 4.16. The van der Waals surface area contributed by atoms with Gasteiger partial charge in [-0.2, -0.15) is 0 Å².